The molecule has 0 saturated carbocycles. The summed E-state index contributed by atoms with van der Waals surface area (Å²) >= 11 is 0. The lowest BCUT2D eigenvalue weighted by Gasteiger charge is -2.47. The first-order valence-corrected chi connectivity index (χ1v) is 5.47. The minimum absolute atomic E-state index is 0. The van der Waals surface area contributed by atoms with Crippen LogP contribution in [0.5, 0.6) is 0 Å². The van der Waals surface area contributed by atoms with Crippen molar-refractivity contribution in [2.24, 2.45) is 5.92 Å². The number of hydrogen-bond acceptors (Lipinski definition) is 2. The fraction of sp³-hybridized carbons (Fsp3) is 1.00. The van der Waals surface area contributed by atoms with Crippen LogP contribution in [0.15, 0.2) is 0 Å². The highest BCUT2D eigenvalue weighted by Gasteiger charge is 2.50. The Bertz CT molecular complexity index is 209. The molecule has 2 rings (SSSR count). The van der Waals surface area contributed by atoms with Crippen LogP contribution in [0, 0.1) is 5.92 Å². The van der Waals surface area contributed by atoms with Crippen LogP contribution in [0.2, 0.25) is 0 Å². The van der Waals surface area contributed by atoms with Crippen molar-refractivity contribution < 1.29 is 5.11 Å². The highest BCUT2D eigenvalue weighted by atomic mass is 79.9. The van der Waals surface area contributed by atoms with Crippen LogP contribution in [0.4, 0.5) is 0 Å². The number of halogens is 1. The van der Waals surface area contributed by atoms with Crippen LogP contribution in [0.1, 0.15) is 39.5 Å². The fourth-order valence-corrected chi connectivity index (χ4v) is 3.41. The zero-order valence-corrected chi connectivity index (χ0v) is 11.1. The molecule has 2 heterocycles. The zero-order chi connectivity index (χ0) is 9.64. The molecule has 0 amide bonds. The van der Waals surface area contributed by atoms with Gasteiger partial charge in [0.25, 0.3) is 0 Å². The van der Waals surface area contributed by atoms with E-state index in [9.17, 15) is 5.11 Å². The Morgan fingerprint density at radius 3 is 2.64 bits per heavy atom. The van der Waals surface area contributed by atoms with Crippen molar-refractivity contribution in [1.29, 1.82) is 0 Å². The second kappa shape index (κ2) is 4.11. The smallest absolute Gasteiger partial charge is 0.0572 e. The Labute approximate surface area is 97.4 Å². The molecule has 14 heavy (non-hydrogen) atoms. The van der Waals surface area contributed by atoms with Gasteiger partial charge in [-0.1, -0.05) is 13.8 Å². The average molecular weight is 264 g/mol. The van der Waals surface area contributed by atoms with E-state index in [2.05, 4.69) is 25.8 Å². The highest BCUT2D eigenvalue weighted by molar-refractivity contribution is 8.93. The van der Waals surface area contributed by atoms with Crippen molar-refractivity contribution in [3.8, 4) is 0 Å². The van der Waals surface area contributed by atoms with E-state index in [1.54, 1.807) is 0 Å². The second-order valence-electron chi connectivity index (χ2n) is 5.16. The quantitative estimate of drug-likeness (QED) is 0.785. The standard InChI is InChI=1S/C11H21NO.BrH/c1-8(2)11-5-4-9(12(11)3)6-10(13)7-11;/h8-10,13H,4-7H2,1-3H3;1H/t9-,10+,11+;/m1./s1. The molecular formula is C11H22BrNO. The van der Waals surface area contributed by atoms with E-state index >= 15 is 0 Å². The van der Waals surface area contributed by atoms with Crippen molar-refractivity contribution >= 4 is 17.0 Å². The molecule has 3 heteroatoms. The summed E-state index contributed by atoms with van der Waals surface area (Å²) < 4.78 is 0. The van der Waals surface area contributed by atoms with Crippen molar-refractivity contribution in [3.63, 3.8) is 0 Å². The molecule has 0 spiro atoms. The van der Waals surface area contributed by atoms with Gasteiger partial charge in [0.2, 0.25) is 0 Å². The summed E-state index contributed by atoms with van der Waals surface area (Å²) in [6.07, 6.45) is 4.49. The Morgan fingerprint density at radius 1 is 1.43 bits per heavy atom. The van der Waals surface area contributed by atoms with Gasteiger partial charge in [0, 0.05) is 11.6 Å². The summed E-state index contributed by atoms with van der Waals surface area (Å²) in [5, 5.41) is 9.80. The largest absolute Gasteiger partial charge is 0.393 e. The van der Waals surface area contributed by atoms with E-state index in [0.717, 1.165) is 12.8 Å². The second-order valence-corrected chi connectivity index (χ2v) is 5.16. The van der Waals surface area contributed by atoms with Crippen LogP contribution < -0.4 is 0 Å². The summed E-state index contributed by atoms with van der Waals surface area (Å²) in [5.41, 5.74) is 0.308. The van der Waals surface area contributed by atoms with Crippen molar-refractivity contribution in [1.82, 2.24) is 4.90 Å². The van der Waals surface area contributed by atoms with E-state index in [-0.39, 0.29) is 23.1 Å². The molecule has 0 aromatic heterocycles. The molecular weight excluding hydrogens is 242 g/mol. The third-order valence-corrected chi connectivity index (χ3v) is 4.37. The van der Waals surface area contributed by atoms with Crippen molar-refractivity contribution in [2.75, 3.05) is 7.05 Å². The van der Waals surface area contributed by atoms with Crippen LogP contribution >= 0.6 is 17.0 Å². The topological polar surface area (TPSA) is 23.5 Å². The van der Waals surface area contributed by atoms with E-state index in [1.165, 1.54) is 12.8 Å². The molecule has 0 radical (unpaired) electrons. The lowest BCUT2D eigenvalue weighted by atomic mass is 9.78. The fourth-order valence-electron chi connectivity index (χ4n) is 3.41. The van der Waals surface area contributed by atoms with Gasteiger partial charge < -0.3 is 5.11 Å². The number of aliphatic hydroxyl groups excluding tert-OH is 1. The summed E-state index contributed by atoms with van der Waals surface area (Å²) in [5.74, 6) is 0.664. The Hall–Kier alpha value is 0.400. The first-order chi connectivity index (χ1) is 6.06. The minimum atomic E-state index is -0.0499. The highest BCUT2D eigenvalue weighted by Crippen LogP contribution is 2.46. The number of aliphatic hydroxyl groups is 1. The van der Waals surface area contributed by atoms with Gasteiger partial charge in [-0.25, -0.2) is 0 Å². The van der Waals surface area contributed by atoms with Crippen LogP contribution in [-0.4, -0.2) is 34.7 Å². The van der Waals surface area contributed by atoms with Gasteiger partial charge in [0.05, 0.1) is 6.10 Å². The molecule has 2 saturated heterocycles. The molecule has 1 N–H and O–H groups in total. The van der Waals surface area contributed by atoms with Crippen molar-refractivity contribution in [3.05, 3.63) is 0 Å². The summed E-state index contributed by atoms with van der Waals surface area (Å²) in [7, 11) is 2.24. The molecule has 3 atom stereocenters. The molecule has 2 bridgehead atoms. The van der Waals surface area contributed by atoms with Gasteiger partial charge in [-0.2, -0.15) is 0 Å². The Morgan fingerprint density at radius 2 is 2.07 bits per heavy atom. The summed E-state index contributed by atoms with van der Waals surface area (Å²) in [6.45, 7) is 4.58. The van der Waals surface area contributed by atoms with Gasteiger partial charge in [0.15, 0.2) is 0 Å². The van der Waals surface area contributed by atoms with E-state index in [0.29, 0.717) is 17.5 Å². The van der Waals surface area contributed by atoms with Crippen LogP contribution in [0.25, 0.3) is 0 Å². The third kappa shape index (κ3) is 1.63. The molecule has 2 nitrogen and oxygen atoms in total. The molecule has 0 aromatic carbocycles. The molecule has 0 unspecified atom stereocenters. The predicted octanol–water partition coefficient (Wildman–Crippen LogP) is 2.21. The molecule has 0 aromatic rings. The van der Waals surface area contributed by atoms with Crippen LogP contribution in [0.3, 0.4) is 0 Å². The maximum atomic E-state index is 9.80. The van der Waals surface area contributed by atoms with E-state index in [4.69, 9.17) is 0 Å². The maximum absolute atomic E-state index is 9.80. The maximum Gasteiger partial charge on any atom is 0.0572 e. The van der Waals surface area contributed by atoms with E-state index < -0.39 is 0 Å². The first kappa shape index (κ1) is 12.5. The van der Waals surface area contributed by atoms with Gasteiger partial charge in [-0.05, 0) is 38.6 Å². The number of hydrogen-bond donors (Lipinski definition) is 1. The van der Waals surface area contributed by atoms with Gasteiger partial charge in [0.1, 0.15) is 0 Å². The monoisotopic (exact) mass is 263 g/mol. The summed E-state index contributed by atoms with van der Waals surface area (Å²) in [4.78, 5) is 2.53. The summed E-state index contributed by atoms with van der Waals surface area (Å²) in [6, 6.07) is 0.645. The Balaban J connectivity index is 0.000000980. The number of fused-ring (bicyclic) bond motifs is 2. The Kier molecular flexibility index (Phi) is 3.66. The third-order valence-electron chi connectivity index (χ3n) is 4.37. The normalized spacial score (nSPS) is 42.6. The number of rotatable bonds is 1. The van der Waals surface area contributed by atoms with Crippen molar-refractivity contribution in [2.45, 2.75) is 57.2 Å². The molecule has 2 fully saturated rings. The molecule has 2 aliphatic heterocycles. The zero-order valence-electron chi connectivity index (χ0n) is 9.36. The molecule has 2 aliphatic rings. The lowest BCUT2D eigenvalue weighted by molar-refractivity contribution is -0.0270. The molecule has 84 valence electrons. The molecule has 0 aliphatic carbocycles. The van der Waals surface area contributed by atoms with Gasteiger partial charge >= 0.3 is 0 Å². The lowest BCUT2D eigenvalue weighted by Crippen LogP contribution is -2.54. The minimum Gasteiger partial charge on any atom is -0.393 e. The first-order valence-electron chi connectivity index (χ1n) is 5.47. The number of piperidine rings is 1. The van der Waals surface area contributed by atoms with Gasteiger partial charge in [-0.15, -0.1) is 17.0 Å². The predicted molar refractivity (Wildman–Crippen MR) is 63.9 cm³/mol. The number of nitrogens with zero attached hydrogens (tertiary/aromatic N) is 1. The van der Waals surface area contributed by atoms with Gasteiger partial charge in [-0.3, -0.25) is 4.90 Å². The van der Waals surface area contributed by atoms with E-state index in [1.807, 2.05) is 0 Å². The SMILES string of the molecule is Br.CC(C)[C@]12CC[C@H](C[C@H](O)C1)N2C. The average Bonchev–Trinajstić information content (AvgIpc) is 2.31. The van der Waals surface area contributed by atoms with Crippen LogP contribution in [-0.2, 0) is 0 Å².